The molecule has 84 valence electrons. The first kappa shape index (κ1) is 10.1. The Bertz CT molecular complexity index is 658. The Balaban J connectivity index is 2.20. The minimum Gasteiger partial charge on any atom is -0.360 e. The second-order valence-electron chi connectivity index (χ2n) is 3.94. The third-order valence-corrected chi connectivity index (χ3v) is 4.06. The van der Waals surface area contributed by atoms with E-state index in [1.165, 1.54) is 12.1 Å². The van der Waals surface area contributed by atoms with Crippen LogP contribution in [-0.4, -0.2) is 13.6 Å². The molecule has 3 rings (SSSR count). The van der Waals surface area contributed by atoms with Gasteiger partial charge in [-0.15, -0.1) is 0 Å². The van der Waals surface area contributed by atoms with E-state index in [2.05, 4.69) is 5.16 Å². The molecule has 16 heavy (non-hydrogen) atoms. The predicted octanol–water partition coefficient (Wildman–Crippen LogP) is 2.63. The molecule has 0 saturated heterocycles. The third kappa shape index (κ3) is 1.60. The molecule has 2 aromatic rings. The van der Waals surface area contributed by atoms with Gasteiger partial charge in [0.15, 0.2) is 0 Å². The van der Waals surface area contributed by atoms with E-state index in [1.54, 1.807) is 6.07 Å². The fourth-order valence-electron chi connectivity index (χ4n) is 1.73. The number of nitrogens with zero attached hydrogens (tertiary/aromatic N) is 1. The van der Waals surface area contributed by atoms with E-state index < -0.39 is 9.05 Å². The fourth-order valence-corrected chi connectivity index (χ4v) is 2.51. The Morgan fingerprint density at radius 2 is 2.12 bits per heavy atom. The molecule has 0 amide bonds. The van der Waals surface area contributed by atoms with Gasteiger partial charge < -0.3 is 4.52 Å². The maximum atomic E-state index is 11.1. The normalized spacial score (nSPS) is 16.8. The summed E-state index contributed by atoms with van der Waals surface area (Å²) in [4.78, 5) is 0.0531. The van der Waals surface area contributed by atoms with Gasteiger partial charge in [0.05, 0.1) is 4.90 Å². The summed E-state index contributed by atoms with van der Waals surface area (Å²) in [5, 5.41) is 4.74. The van der Waals surface area contributed by atoms with Crippen LogP contribution in [0.1, 0.15) is 24.5 Å². The first-order valence-electron chi connectivity index (χ1n) is 4.90. The van der Waals surface area contributed by atoms with E-state index in [1.807, 2.05) is 0 Å². The molecule has 1 saturated carbocycles. The minimum atomic E-state index is -3.70. The van der Waals surface area contributed by atoms with Crippen molar-refractivity contribution in [3.8, 4) is 0 Å². The van der Waals surface area contributed by atoms with Gasteiger partial charge in [-0.3, -0.25) is 0 Å². The maximum Gasteiger partial charge on any atom is 0.261 e. The summed E-state index contributed by atoms with van der Waals surface area (Å²) in [6.45, 7) is 0. The summed E-state index contributed by atoms with van der Waals surface area (Å²) in [6, 6.07) is 4.62. The van der Waals surface area contributed by atoms with Crippen LogP contribution < -0.4 is 0 Å². The van der Waals surface area contributed by atoms with Gasteiger partial charge in [-0.1, -0.05) is 5.16 Å². The number of hydrogen-bond donors (Lipinski definition) is 0. The second kappa shape index (κ2) is 3.21. The van der Waals surface area contributed by atoms with Crippen molar-refractivity contribution in [2.75, 3.05) is 0 Å². The number of benzene rings is 1. The van der Waals surface area contributed by atoms with Gasteiger partial charge in [0.2, 0.25) is 0 Å². The van der Waals surface area contributed by atoms with Crippen LogP contribution >= 0.6 is 10.7 Å². The highest BCUT2D eigenvalue weighted by Crippen LogP contribution is 2.43. The lowest BCUT2D eigenvalue weighted by atomic mass is 10.2. The quantitative estimate of drug-likeness (QED) is 0.776. The molecule has 0 aliphatic heterocycles. The van der Waals surface area contributed by atoms with E-state index in [9.17, 15) is 8.42 Å². The van der Waals surface area contributed by atoms with Crippen LogP contribution in [0.5, 0.6) is 0 Å². The monoisotopic (exact) mass is 257 g/mol. The minimum absolute atomic E-state index is 0.0531. The van der Waals surface area contributed by atoms with Crippen molar-refractivity contribution in [1.29, 1.82) is 0 Å². The van der Waals surface area contributed by atoms with Gasteiger partial charge in [0.1, 0.15) is 11.3 Å². The number of rotatable bonds is 2. The molecular formula is C10H8ClNO3S. The fraction of sp³-hybridized carbons (Fsp3) is 0.300. The van der Waals surface area contributed by atoms with E-state index in [4.69, 9.17) is 15.2 Å². The summed E-state index contributed by atoms with van der Waals surface area (Å²) in [5.74, 6) is 1.30. The summed E-state index contributed by atoms with van der Waals surface area (Å²) in [5.41, 5.74) is 0.545. The highest BCUT2D eigenvalue weighted by Gasteiger charge is 2.30. The van der Waals surface area contributed by atoms with Crippen LogP contribution in [0.4, 0.5) is 0 Å². The predicted molar refractivity (Wildman–Crippen MR) is 59.0 cm³/mol. The van der Waals surface area contributed by atoms with E-state index in [0.29, 0.717) is 11.4 Å². The Morgan fingerprint density at radius 3 is 2.75 bits per heavy atom. The lowest BCUT2D eigenvalue weighted by Gasteiger charge is -1.95. The van der Waals surface area contributed by atoms with Crippen molar-refractivity contribution in [2.45, 2.75) is 23.7 Å². The maximum absolute atomic E-state index is 11.1. The number of halogens is 1. The van der Waals surface area contributed by atoms with Gasteiger partial charge in [-0.05, 0) is 31.0 Å². The molecule has 1 fully saturated rings. The summed E-state index contributed by atoms with van der Waals surface area (Å²) in [7, 11) is 1.56. The topological polar surface area (TPSA) is 60.2 Å². The van der Waals surface area contributed by atoms with E-state index >= 15 is 0 Å². The van der Waals surface area contributed by atoms with Gasteiger partial charge in [0, 0.05) is 22.0 Å². The Hall–Kier alpha value is -1.07. The molecule has 0 N–H and O–H groups in total. The molecule has 0 spiro atoms. The smallest absolute Gasteiger partial charge is 0.261 e. The average molecular weight is 258 g/mol. The molecule has 4 nitrogen and oxygen atoms in total. The molecule has 0 atom stereocenters. The van der Waals surface area contributed by atoms with Crippen molar-refractivity contribution in [3.63, 3.8) is 0 Å². The van der Waals surface area contributed by atoms with Gasteiger partial charge >= 0.3 is 0 Å². The van der Waals surface area contributed by atoms with E-state index in [-0.39, 0.29) is 4.90 Å². The molecule has 1 aromatic heterocycles. The average Bonchev–Trinajstić information content (AvgIpc) is 2.96. The molecule has 1 aliphatic carbocycles. The van der Waals surface area contributed by atoms with Crippen molar-refractivity contribution in [2.24, 2.45) is 0 Å². The van der Waals surface area contributed by atoms with Gasteiger partial charge in [-0.2, -0.15) is 0 Å². The first-order chi connectivity index (χ1) is 7.55. The standard InChI is InChI=1S/C10H8ClNO3S/c11-16(13,14)7-3-4-8-9(5-7)12-15-10(8)6-1-2-6/h3-6H,1-2H2. The van der Waals surface area contributed by atoms with Crippen LogP contribution in [-0.2, 0) is 9.05 Å². The van der Waals surface area contributed by atoms with Crippen LogP contribution in [0.2, 0.25) is 0 Å². The lowest BCUT2D eigenvalue weighted by Crippen LogP contribution is -1.89. The van der Waals surface area contributed by atoms with E-state index in [0.717, 1.165) is 24.0 Å². The molecule has 1 aromatic carbocycles. The Morgan fingerprint density at radius 1 is 1.38 bits per heavy atom. The number of hydrogen-bond acceptors (Lipinski definition) is 4. The molecule has 1 heterocycles. The number of aromatic nitrogens is 1. The van der Waals surface area contributed by atoms with Crippen molar-refractivity contribution < 1.29 is 12.9 Å². The third-order valence-electron chi connectivity index (χ3n) is 2.71. The van der Waals surface area contributed by atoms with Gasteiger partial charge in [0.25, 0.3) is 9.05 Å². The zero-order valence-corrected chi connectivity index (χ0v) is 9.75. The summed E-state index contributed by atoms with van der Waals surface area (Å²) in [6.07, 6.45) is 2.22. The zero-order chi connectivity index (χ0) is 11.3. The molecule has 0 radical (unpaired) electrons. The number of fused-ring (bicyclic) bond motifs is 1. The SMILES string of the molecule is O=S(=O)(Cl)c1ccc2c(C3CC3)onc2c1. The molecule has 0 bridgehead atoms. The first-order valence-corrected chi connectivity index (χ1v) is 7.20. The van der Waals surface area contributed by atoms with Crippen molar-refractivity contribution >= 4 is 30.6 Å². The van der Waals surface area contributed by atoms with Crippen molar-refractivity contribution in [1.82, 2.24) is 5.16 Å². The highest BCUT2D eigenvalue weighted by molar-refractivity contribution is 8.13. The van der Waals surface area contributed by atoms with Crippen LogP contribution in [0.15, 0.2) is 27.6 Å². The Kier molecular flexibility index (Phi) is 2.03. The second-order valence-corrected chi connectivity index (χ2v) is 6.50. The van der Waals surface area contributed by atoms with Gasteiger partial charge in [-0.25, -0.2) is 8.42 Å². The zero-order valence-electron chi connectivity index (χ0n) is 8.18. The lowest BCUT2D eigenvalue weighted by molar-refractivity contribution is 0.392. The molecular weight excluding hydrogens is 250 g/mol. The van der Waals surface area contributed by atoms with Crippen molar-refractivity contribution in [3.05, 3.63) is 24.0 Å². The van der Waals surface area contributed by atoms with Crippen LogP contribution in [0.3, 0.4) is 0 Å². The summed E-state index contributed by atoms with van der Waals surface area (Å²) < 4.78 is 27.5. The Labute approximate surface area is 96.6 Å². The molecule has 1 aliphatic rings. The van der Waals surface area contributed by atoms with Crippen LogP contribution in [0.25, 0.3) is 10.9 Å². The molecule has 0 unspecified atom stereocenters. The summed E-state index contributed by atoms with van der Waals surface area (Å²) >= 11 is 0. The highest BCUT2D eigenvalue weighted by atomic mass is 35.7. The van der Waals surface area contributed by atoms with Crippen LogP contribution in [0, 0.1) is 0 Å². The largest absolute Gasteiger partial charge is 0.360 e. The molecule has 6 heteroatoms.